The van der Waals surface area contributed by atoms with E-state index >= 15 is 0 Å². The van der Waals surface area contributed by atoms with Gasteiger partial charge < -0.3 is 21.4 Å². The lowest BCUT2D eigenvalue weighted by Crippen LogP contribution is -2.41. The lowest BCUT2D eigenvalue weighted by atomic mass is 9.88. The Hall–Kier alpha value is -5.00. The lowest BCUT2D eigenvalue weighted by Gasteiger charge is -2.40. The molecule has 0 amide bonds. The number of aromatic nitrogens is 6. The molecule has 0 spiro atoms. The van der Waals surface area contributed by atoms with Crippen molar-refractivity contribution in [2.75, 3.05) is 0 Å². The van der Waals surface area contributed by atoms with Crippen LogP contribution in [0.5, 0.6) is 0 Å². The molecule has 4 heterocycles. The van der Waals surface area contributed by atoms with Gasteiger partial charge in [0.15, 0.2) is 0 Å². The first-order valence-electron chi connectivity index (χ1n) is 20.7. The zero-order valence-corrected chi connectivity index (χ0v) is 32.2. The van der Waals surface area contributed by atoms with Crippen molar-refractivity contribution in [3.63, 3.8) is 0 Å². The minimum absolute atomic E-state index is 0.182. The van der Waals surface area contributed by atoms with Gasteiger partial charge in [0.2, 0.25) is 0 Å². The van der Waals surface area contributed by atoms with Gasteiger partial charge in [-0.1, -0.05) is 60.7 Å². The van der Waals surface area contributed by atoms with Gasteiger partial charge in [-0.3, -0.25) is 19.8 Å². The molecule has 0 unspecified atom stereocenters. The molecule has 0 bridgehead atoms. The number of benzene rings is 2. The molecule has 10 nitrogen and oxygen atoms in total. The second-order valence-corrected chi connectivity index (χ2v) is 16.0. The summed E-state index contributed by atoms with van der Waals surface area (Å²) in [4.78, 5) is 31.5. The van der Waals surface area contributed by atoms with Crippen molar-refractivity contribution in [1.82, 2.24) is 39.7 Å². The van der Waals surface area contributed by atoms with E-state index < -0.39 is 0 Å². The molecule has 6 N–H and O–H groups in total. The highest BCUT2D eigenvalue weighted by atomic mass is 15.2. The fourth-order valence-electron chi connectivity index (χ4n) is 9.45. The second kappa shape index (κ2) is 16.6. The zero-order chi connectivity index (χ0) is 37.8. The molecule has 10 heteroatoms. The minimum Gasteiger partial charge on any atom is -0.341 e. The number of fused-ring (bicyclic) bond motifs is 4. The van der Waals surface area contributed by atoms with Gasteiger partial charge in [-0.15, -0.1) is 0 Å². The third-order valence-electron chi connectivity index (χ3n) is 12.3. The Morgan fingerprint density at radius 3 is 1.43 bits per heavy atom. The number of nitrogens with zero attached hydrogens (tertiary/aromatic N) is 6. The Bertz CT molecular complexity index is 2080. The van der Waals surface area contributed by atoms with E-state index in [0.29, 0.717) is 24.2 Å². The molecule has 4 aromatic heterocycles. The normalized spacial score (nSPS) is 24.6. The summed E-state index contributed by atoms with van der Waals surface area (Å²) >= 11 is 0. The first kappa shape index (κ1) is 36.6. The van der Waals surface area contributed by atoms with Crippen LogP contribution < -0.4 is 11.5 Å². The van der Waals surface area contributed by atoms with Crippen LogP contribution in [0.4, 0.5) is 0 Å². The molecule has 0 radical (unpaired) electrons. The first-order valence-corrected chi connectivity index (χ1v) is 20.7. The zero-order valence-electron chi connectivity index (χ0n) is 32.2. The van der Waals surface area contributed by atoms with Crippen LogP contribution in [0.3, 0.4) is 0 Å². The molecule has 6 atom stereocenters. The molecule has 0 aliphatic heterocycles. The standard InChI is InChI=1S/2C23H27N5/c2*24-17-10-12-18(13-11-17)28(15-22-26-19-7-1-2-8-20(19)27-22)21-9-3-5-16-6-4-14-25-23(16)21/h2*1-2,4,6-8,10,12,14,17-18,21H,3,5,9,11,13,15,24H2,(H,26,27)/t17-,18-,21+;17-,18-,21-/m00/s1. The van der Waals surface area contributed by atoms with Gasteiger partial charge in [0, 0.05) is 36.6 Å². The summed E-state index contributed by atoms with van der Waals surface area (Å²) in [6.45, 7) is 1.58. The number of imidazole rings is 2. The van der Waals surface area contributed by atoms with Crippen LogP contribution in [0.1, 0.15) is 97.6 Å². The largest absolute Gasteiger partial charge is 0.341 e. The number of aryl methyl sites for hydroxylation is 2. The smallest absolute Gasteiger partial charge is 0.121 e. The maximum atomic E-state index is 6.12. The number of nitrogens with two attached hydrogens (primary N) is 2. The number of pyridine rings is 2. The third kappa shape index (κ3) is 7.97. The summed E-state index contributed by atoms with van der Waals surface area (Å²) in [6, 6.07) is 26.8. The summed E-state index contributed by atoms with van der Waals surface area (Å²) < 4.78 is 0. The highest BCUT2D eigenvalue weighted by molar-refractivity contribution is 5.75. The van der Waals surface area contributed by atoms with E-state index in [1.54, 1.807) is 0 Å². The van der Waals surface area contributed by atoms with Crippen molar-refractivity contribution in [3.8, 4) is 0 Å². The molecule has 4 aliphatic rings. The summed E-state index contributed by atoms with van der Waals surface area (Å²) in [7, 11) is 0. The second-order valence-electron chi connectivity index (χ2n) is 16.0. The van der Waals surface area contributed by atoms with Gasteiger partial charge in [0.05, 0.1) is 58.6 Å². The predicted molar refractivity (Wildman–Crippen MR) is 223 cm³/mol. The molecular weight excluding hydrogens is 693 g/mol. The summed E-state index contributed by atoms with van der Waals surface area (Å²) in [6.07, 6.45) is 24.0. The number of aromatic amines is 2. The molecule has 0 fully saturated rings. The van der Waals surface area contributed by atoms with Gasteiger partial charge in [0.25, 0.3) is 0 Å². The van der Waals surface area contributed by atoms with Gasteiger partial charge in [-0.05, 0) is 112 Å². The van der Waals surface area contributed by atoms with Crippen molar-refractivity contribution < 1.29 is 0 Å². The van der Waals surface area contributed by atoms with Crippen LogP contribution in [-0.4, -0.2) is 63.9 Å². The number of para-hydroxylation sites is 4. The van der Waals surface area contributed by atoms with Crippen LogP contribution in [0, 0.1) is 0 Å². The topological polar surface area (TPSA) is 142 Å². The molecular formula is C46H54N10. The van der Waals surface area contributed by atoms with E-state index in [2.05, 4.69) is 105 Å². The van der Waals surface area contributed by atoms with Crippen molar-refractivity contribution in [2.24, 2.45) is 11.5 Å². The van der Waals surface area contributed by atoms with E-state index in [4.69, 9.17) is 31.4 Å². The molecule has 10 rings (SSSR count). The van der Waals surface area contributed by atoms with Crippen LogP contribution >= 0.6 is 0 Å². The van der Waals surface area contributed by atoms with E-state index in [-0.39, 0.29) is 12.1 Å². The van der Waals surface area contributed by atoms with Crippen LogP contribution in [0.25, 0.3) is 22.1 Å². The number of hydrogen-bond donors (Lipinski definition) is 4. The summed E-state index contributed by atoms with van der Waals surface area (Å²) in [5.74, 6) is 2.04. The van der Waals surface area contributed by atoms with Crippen LogP contribution in [0.15, 0.2) is 109 Å². The minimum atomic E-state index is 0.182. The number of hydrogen-bond acceptors (Lipinski definition) is 8. The highest BCUT2D eigenvalue weighted by Gasteiger charge is 2.34. The molecule has 4 aliphatic carbocycles. The quantitative estimate of drug-likeness (QED) is 0.116. The number of H-pyrrole nitrogens is 2. The molecule has 56 heavy (non-hydrogen) atoms. The molecule has 0 saturated heterocycles. The Morgan fingerprint density at radius 1 is 0.536 bits per heavy atom. The third-order valence-corrected chi connectivity index (χ3v) is 12.3. The van der Waals surface area contributed by atoms with Crippen molar-refractivity contribution >= 4 is 22.1 Å². The molecule has 288 valence electrons. The number of nitrogens with one attached hydrogen (secondary N) is 2. The SMILES string of the molecule is N[C@H]1C=C[C@H](N(Cc2nc3ccccc3[nH]2)[C@@H]2CCCc3cccnc32)CC1.N[C@H]1C=C[C@H](N(Cc2nc3ccccc3[nH]2)[C@H]2CCCc3cccnc32)CC1. The lowest BCUT2D eigenvalue weighted by molar-refractivity contribution is 0.118. The Morgan fingerprint density at radius 2 is 1.00 bits per heavy atom. The average Bonchev–Trinajstić information content (AvgIpc) is 3.86. The molecule has 2 aromatic carbocycles. The highest BCUT2D eigenvalue weighted by Crippen LogP contribution is 2.38. The van der Waals surface area contributed by atoms with Crippen LogP contribution in [0.2, 0.25) is 0 Å². The fraction of sp³-hybridized carbons (Fsp3) is 0.391. The Labute approximate surface area is 329 Å². The van der Waals surface area contributed by atoms with E-state index in [9.17, 15) is 0 Å². The van der Waals surface area contributed by atoms with E-state index in [1.807, 2.05) is 24.5 Å². The predicted octanol–water partition coefficient (Wildman–Crippen LogP) is 7.77. The average molecular weight is 747 g/mol. The number of rotatable bonds is 8. The monoisotopic (exact) mass is 746 g/mol. The first-order chi connectivity index (χ1) is 27.6. The Balaban J connectivity index is 0.000000146. The fourth-order valence-corrected chi connectivity index (χ4v) is 9.45. The van der Waals surface area contributed by atoms with Gasteiger partial charge in [0.1, 0.15) is 11.6 Å². The maximum absolute atomic E-state index is 6.12. The van der Waals surface area contributed by atoms with Gasteiger partial charge in [-0.25, -0.2) is 9.97 Å². The molecule has 6 aromatic rings. The van der Waals surface area contributed by atoms with Crippen molar-refractivity contribution in [3.05, 3.63) is 144 Å². The van der Waals surface area contributed by atoms with Crippen molar-refractivity contribution in [2.45, 2.75) is 114 Å². The van der Waals surface area contributed by atoms with E-state index in [1.165, 1.54) is 35.4 Å². The van der Waals surface area contributed by atoms with Gasteiger partial charge >= 0.3 is 0 Å². The van der Waals surface area contributed by atoms with Crippen LogP contribution in [-0.2, 0) is 25.9 Å². The van der Waals surface area contributed by atoms with Gasteiger partial charge in [-0.2, -0.15) is 0 Å². The van der Waals surface area contributed by atoms with Crippen molar-refractivity contribution in [1.29, 1.82) is 0 Å². The summed E-state index contributed by atoms with van der Waals surface area (Å²) in [5, 5.41) is 0. The van der Waals surface area contributed by atoms with E-state index in [0.717, 1.165) is 98.2 Å². The Kier molecular flexibility index (Phi) is 10.9. The summed E-state index contributed by atoms with van der Waals surface area (Å²) in [5.41, 5.74) is 21.8. The maximum Gasteiger partial charge on any atom is 0.121 e. The molecule has 0 saturated carbocycles.